The Labute approximate surface area is 159 Å². The van der Waals surface area contributed by atoms with Crippen LogP contribution in [0.3, 0.4) is 0 Å². The number of hydrogen-bond donors (Lipinski definition) is 0. The molecule has 9 nitrogen and oxygen atoms in total. The highest BCUT2D eigenvalue weighted by molar-refractivity contribution is 7.88. The van der Waals surface area contributed by atoms with Gasteiger partial charge in [-0.05, 0) is 0 Å². The van der Waals surface area contributed by atoms with Crippen LogP contribution in [0.4, 0.5) is 11.4 Å². The van der Waals surface area contributed by atoms with Crippen molar-refractivity contribution in [3.63, 3.8) is 0 Å². The number of halogens is 2. The Morgan fingerprint density at radius 2 is 1.81 bits per heavy atom. The van der Waals surface area contributed by atoms with Crippen molar-refractivity contribution in [3.05, 3.63) is 50.3 Å². The molecule has 1 aromatic carbocycles. The van der Waals surface area contributed by atoms with E-state index in [0.717, 1.165) is 0 Å². The van der Waals surface area contributed by atoms with E-state index in [2.05, 4.69) is 9.68 Å². The van der Waals surface area contributed by atoms with Crippen LogP contribution in [0.25, 0.3) is 0 Å². The lowest BCUT2D eigenvalue weighted by molar-refractivity contribution is -0.384. The van der Waals surface area contributed by atoms with E-state index < -0.39 is 14.9 Å². The highest BCUT2D eigenvalue weighted by atomic mass is 35.5. The van der Waals surface area contributed by atoms with Crippen molar-refractivity contribution < 1.29 is 17.9 Å². The second-order valence-electron chi connectivity index (χ2n) is 5.65. The van der Waals surface area contributed by atoms with Crippen molar-refractivity contribution >= 4 is 44.6 Å². The molecule has 0 bridgehead atoms. The molecule has 0 N–H and O–H groups in total. The predicted octanol–water partition coefficient (Wildman–Crippen LogP) is 2.54. The minimum Gasteiger partial charge on any atom is -0.366 e. The molecule has 0 radical (unpaired) electrons. The van der Waals surface area contributed by atoms with Gasteiger partial charge >= 0.3 is 0 Å². The molecule has 0 amide bonds. The third-order valence-corrected chi connectivity index (χ3v) is 6.37. The van der Waals surface area contributed by atoms with Crippen molar-refractivity contribution in [1.82, 2.24) is 9.46 Å². The molecule has 0 atom stereocenters. The zero-order chi connectivity index (χ0) is 18.9. The molecule has 2 heterocycles. The van der Waals surface area contributed by atoms with E-state index in [1.165, 1.54) is 28.8 Å². The van der Waals surface area contributed by atoms with Gasteiger partial charge in [-0.25, -0.2) is 8.42 Å². The summed E-state index contributed by atoms with van der Waals surface area (Å²) in [6.07, 6.45) is 1.32. The molecular weight excluding hydrogens is 407 g/mol. The Morgan fingerprint density at radius 1 is 1.19 bits per heavy atom. The monoisotopic (exact) mass is 420 g/mol. The largest absolute Gasteiger partial charge is 0.366 e. The van der Waals surface area contributed by atoms with E-state index in [4.69, 9.17) is 23.2 Å². The smallest absolute Gasteiger partial charge is 0.272 e. The molecule has 1 aliphatic rings. The van der Waals surface area contributed by atoms with Gasteiger partial charge in [-0.3, -0.25) is 10.1 Å². The van der Waals surface area contributed by atoms with E-state index >= 15 is 0 Å². The van der Waals surface area contributed by atoms with E-state index in [0.29, 0.717) is 24.5 Å². The van der Waals surface area contributed by atoms with Gasteiger partial charge in [-0.2, -0.15) is 4.31 Å². The third-order valence-electron chi connectivity index (χ3n) is 3.98. The molecule has 12 heteroatoms. The maximum absolute atomic E-state index is 12.4. The van der Waals surface area contributed by atoms with E-state index in [1.807, 2.05) is 4.90 Å². The fraction of sp³-hybridized carbons (Fsp3) is 0.357. The summed E-state index contributed by atoms with van der Waals surface area (Å²) < 4.78 is 30.9. The number of benzene rings is 1. The Bertz CT molecular complexity index is 888. The summed E-state index contributed by atoms with van der Waals surface area (Å²) in [6.45, 7) is 1.19. The molecule has 2 aromatic rings. The van der Waals surface area contributed by atoms with Crippen molar-refractivity contribution in [3.8, 4) is 0 Å². The minimum atomic E-state index is -3.52. The molecule has 0 unspecified atom stereocenters. The Balaban J connectivity index is 1.72. The molecule has 0 spiro atoms. The molecule has 140 valence electrons. The number of sulfonamides is 1. The van der Waals surface area contributed by atoms with Crippen LogP contribution in [-0.2, 0) is 15.8 Å². The van der Waals surface area contributed by atoms with Gasteiger partial charge in [0.1, 0.15) is 12.0 Å². The second kappa shape index (κ2) is 7.39. The standard InChI is InChI=1S/C14H14Cl2N4O5S/c15-12-7-11(20(21)22)8-13(16)14(12)18-2-4-19(5-3-18)26(23,24)9-10-1-6-25-17-10/h1,6-8H,2-5,9H2. The zero-order valence-electron chi connectivity index (χ0n) is 13.3. The molecule has 3 rings (SSSR count). The van der Waals surface area contributed by atoms with Gasteiger partial charge < -0.3 is 9.42 Å². The number of nitrogens with zero attached hydrogens (tertiary/aromatic N) is 4. The number of aromatic nitrogens is 1. The summed E-state index contributed by atoms with van der Waals surface area (Å²) in [5.74, 6) is -0.234. The topological polar surface area (TPSA) is 110 Å². The number of nitro groups is 1. The van der Waals surface area contributed by atoms with Gasteiger partial charge in [-0.15, -0.1) is 0 Å². The summed E-state index contributed by atoms with van der Waals surface area (Å²) in [5.41, 5.74) is 0.610. The molecule has 1 saturated heterocycles. The molecule has 1 aliphatic heterocycles. The third kappa shape index (κ3) is 3.93. The van der Waals surface area contributed by atoms with Gasteiger partial charge in [0, 0.05) is 44.4 Å². The van der Waals surface area contributed by atoms with Gasteiger partial charge in [0.15, 0.2) is 0 Å². The van der Waals surface area contributed by atoms with Crippen LogP contribution in [-0.4, -0.2) is 49.0 Å². The number of rotatable bonds is 5. The lowest BCUT2D eigenvalue weighted by atomic mass is 10.2. The molecule has 1 fully saturated rings. The Kier molecular flexibility index (Phi) is 5.37. The fourth-order valence-electron chi connectivity index (χ4n) is 2.74. The first kappa shape index (κ1) is 18.9. The number of nitro benzene ring substituents is 1. The van der Waals surface area contributed by atoms with Gasteiger partial charge in [0.05, 0.1) is 26.3 Å². The second-order valence-corrected chi connectivity index (χ2v) is 8.43. The van der Waals surface area contributed by atoms with E-state index in [1.54, 1.807) is 0 Å². The normalized spacial score (nSPS) is 16.0. The number of piperazine rings is 1. The fourth-order valence-corrected chi connectivity index (χ4v) is 4.88. The zero-order valence-corrected chi connectivity index (χ0v) is 15.7. The Morgan fingerprint density at radius 3 is 2.31 bits per heavy atom. The SMILES string of the molecule is O=[N+]([O-])c1cc(Cl)c(N2CCN(S(=O)(=O)Cc3ccon3)CC2)c(Cl)c1. The van der Waals surface area contributed by atoms with Crippen molar-refractivity contribution in [2.24, 2.45) is 0 Å². The number of hydrogen-bond acceptors (Lipinski definition) is 7. The van der Waals surface area contributed by atoms with E-state index in [9.17, 15) is 18.5 Å². The number of non-ortho nitro benzene ring substituents is 1. The van der Waals surface area contributed by atoms with Gasteiger partial charge in [0.25, 0.3) is 5.69 Å². The minimum absolute atomic E-state index is 0.156. The van der Waals surface area contributed by atoms with Crippen molar-refractivity contribution in [2.45, 2.75) is 5.75 Å². The van der Waals surface area contributed by atoms with E-state index in [-0.39, 0.29) is 34.6 Å². The summed E-state index contributed by atoms with van der Waals surface area (Å²) >= 11 is 12.3. The molecule has 26 heavy (non-hydrogen) atoms. The van der Waals surface area contributed by atoms with Crippen LogP contribution >= 0.6 is 23.2 Å². The van der Waals surface area contributed by atoms with Crippen LogP contribution in [0.2, 0.25) is 10.0 Å². The maximum Gasteiger partial charge on any atom is 0.272 e. The van der Waals surface area contributed by atoms with Crippen LogP contribution < -0.4 is 4.90 Å². The summed E-state index contributed by atoms with van der Waals surface area (Å²) in [4.78, 5) is 12.1. The first-order valence-electron chi connectivity index (χ1n) is 7.53. The van der Waals surface area contributed by atoms with Crippen molar-refractivity contribution in [2.75, 3.05) is 31.1 Å². The first-order chi connectivity index (χ1) is 12.3. The first-order valence-corrected chi connectivity index (χ1v) is 9.90. The summed E-state index contributed by atoms with van der Waals surface area (Å²) in [7, 11) is -3.52. The predicted molar refractivity (Wildman–Crippen MR) is 96.0 cm³/mol. The van der Waals surface area contributed by atoms with Crippen LogP contribution in [0.15, 0.2) is 29.0 Å². The van der Waals surface area contributed by atoms with Gasteiger partial charge in [-0.1, -0.05) is 28.4 Å². The highest BCUT2D eigenvalue weighted by Crippen LogP contribution is 2.38. The maximum atomic E-state index is 12.4. The van der Waals surface area contributed by atoms with Gasteiger partial charge in [0.2, 0.25) is 10.0 Å². The molecule has 0 aliphatic carbocycles. The lowest BCUT2D eigenvalue weighted by Crippen LogP contribution is -2.49. The Hall–Kier alpha value is -1.88. The molecule has 0 saturated carbocycles. The van der Waals surface area contributed by atoms with Crippen molar-refractivity contribution in [1.29, 1.82) is 0 Å². The average molecular weight is 421 g/mol. The lowest BCUT2D eigenvalue weighted by Gasteiger charge is -2.36. The molecule has 1 aromatic heterocycles. The van der Waals surface area contributed by atoms with Crippen LogP contribution in [0.5, 0.6) is 0 Å². The summed E-state index contributed by atoms with van der Waals surface area (Å²) in [6, 6.07) is 3.97. The summed E-state index contributed by atoms with van der Waals surface area (Å²) in [5, 5.41) is 14.8. The quantitative estimate of drug-likeness (QED) is 0.539. The van der Waals surface area contributed by atoms with Crippen LogP contribution in [0, 0.1) is 10.1 Å². The molecular formula is C14H14Cl2N4O5S. The average Bonchev–Trinajstić information content (AvgIpc) is 3.07. The highest BCUT2D eigenvalue weighted by Gasteiger charge is 2.30. The number of anilines is 1. The van der Waals surface area contributed by atoms with Crippen LogP contribution in [0.1, 0.15) is 5.69 Å².